The molecule has 1 amide bonds. The summed E-state index contributed by atoms with van der Waals surface area (Å²) in [6.07, 6.45) is 1.34. The zero-order valence-corrected chi connectivity index (χ0v) is 22.5. The molecular weight excluding hydrogens is 549 g/mol. The van der Waals surface area contributed by atoms with Gasteiger partial charge < -0.3 is 5.32 Å². The molecule has 38 heavy (non-hydrogen) atoms. The van der Waals surface area contributed by atoms with Crippen molar-refractivity contribution in [1.29, 1.82) is 0 Å². The van der Waals surface area contributed by atoms with E-state index in [0.717, 1.165) is 28.6 Å². The predicted molar refractivity (Wildman–Crippen MR) is 149 cm³/mol. The molecule has 0 fully saturated rings. The minimum Gasteiger partial charge on any atom is -0.376 e. The fourth-order valence-electron chi connectivity index (χ4n) is 3.29. The van der Waals surface area contributed by atoms with Gasteiger partial charge in [0.15, 0.2) is 5.82 Å². The van der Waals surface area contributed by atoms with Crippen molar-refractivity contribution in [1.82, 2.24) is 20.6 Å². The second-order valence-corrected chi connectivity index (χ2v) is 9.98. The van der Waals surface area contributed by atoms with Gasteiger partial charge in [0.2, 0.25) is 5.16 Å². The lowest BCUT2D eigenvalue weighted by Gasteiger charge is -2.07. The van der Waals surface area contributed by atoms with E-state index in [1.165, 1.54) is 12.3 Å². The van der Waals surface area contributed by atoms with Crippen LogP contribution in [-0.4, -0.2) is 38.8 Å². The largest absolute Gasteiger partial charge is 0.376 e. The van der Waals surface area contributed by atoms with Crippen molar-refractivity contribution in [2.75, 3.05) is 11.9 Å². The molecule has 0 aliphatic rings. The molecule has 3 N–H and O–H groups in total. The Balaban J connectivity index is 1.39. The lowest BCUT2D eigenvalue weighted by Crippen LogP contribution is -2.25. The topological polar surface area (TPSA) is 138 Å². The van der Waals surface area contributed by atoms with Crippen LogP contribution in [0.4, 0.5) is 11.4 Å². The zero-order valence-electron chi connectivity index (χ0n) is 20.2. The molecule has 0 saturated carbocycles. The standard InChI is InChI=1S/C25H21Cl2N7O3S/c1-14-3-6-18(9-15(14)2)28-13-23(35)31-29-12-16-4-8-22(21(10-16)34(36)37)38-25-30-24(32-33-25)19-7-5-17(26)11-20(19)27/h3-12,28H,13H2,1-2H3,(H,31,35)(H,30,32,33)/b29-12-. The van der Waals surface area contributed by atoms with Crippen molar-refractivity contribution in [3.8, 4) is 11.4 Å². The highest BCUT2D eigenvalue weighted by Gasteiger charge is 2.18. The van der Waals surface area contributed by atoms with E-state index < -0.39 is 4.92 Å². The maximum absolute atomic E-state index is 12.1. The predicted octanol–water partition coefficient (Wildman–Crippen LogP) is 6.02. The highest BCUT2D eigenvalue weighted by Crippen LogP contribution is 2.35. The van der Waals surface area contributed by atoms with Crippen molar-refractivity contribution in [3.05, 3.63) is 91.4 Å². The van der Waals surface area contributed by atoms with Crippen molar-refractivity contribution < 1.29 is 9.72 Å². The number of H-pyrrole nitrogens is 1. The number of aromatic nitrogens is 3. The van der Waals surface area contributed by atoms with Gasteiger partial charge in [-0.15, -0.1) is 5.10 Å². The lowest BCUT2D eigenvalue weighted by atomic mass is 10.1. The quantitative estimate of drug-likeness (QED) is 0.127. The molecule has 0 atom stereocenters. The van der Waals surface area contributed by atoms with Crippen LogP contribution in [0.2, 0.25) is 10.0 Å². The molecule has 1 heterocycles. The maximum atomic E-state index is 12.1. The normalized spacial score (nSPS) is 11.1. The average molecular weight is 570 g/mol. The first-order valence-corrected chi connectivity index (χ1v) is 12.7. The number of nitro benzene ring substituents is 1. The Morgan fingerprint density at radius 3 is 2.68 bits per heavy atom. The van der Waals surface area contributed by atoms with E-state index in [4.69, 9.17) is 23.2 Å². The van der Waals surface area contributed by atoms with Crippen LogP contribution in [-0.2, 0) is 4.79 Å². The number of hydrogen-bond acceptors (Lipinski definition) is 8. The number of nitro groups is 1. The Kier molecular flexibility index (Phi) is 8.62. The number of halogens is 2. The Bertz CT molecular complexity index is 1540. The van der Waals surface area contributed by atoms with Gasteiger partial charge in [-0.2, -0.15) is 5.10 Å². The first-order valence-electron chi connectivity index (χ1n) is 11.2. The third-order valence-electron chi connectivity index (χ3n) is 5.39. The lowest BCUT2D eigenvalue weighted by molar-refractivity contribution is -0.387. The number of anilines is 1. The van der Waals surface area contributed by atoms with Gasteiger partial charge in [0.05, 0.1) is 27.6 Å². The van der Waals surface area contributed by atoms with Crippen LogP contribution >= 0.6 is 35.0 Å². The summed E-state index contributed by atoms with van der Waals surface area (Å²) in [5, 5.41) is 26.7. The number of amides is 1. The summed E-state index contributed by atoms with van der Waals surface area (Å²) in [7, 11) is 0. The summed E-state index contributed by atoms with van der Waals surface area (Å²) in [5.41, 5.74) is 6.39. The van der Waals surface area contributed by atoms with Crippen LogP contribution in [0.25, 0.3) is 11.4 Å². The molecule has 0 unspecified atom stereocenters. The minimum absolute atomic E-state index is 0.0233. The number of hydrazone groups is 1. The summed E-state index contributed by atoms with van der Waals surface area (Å²) in [6, 6.07) is 15.3. The average Bonchev–Trinajstić information content (AvgIpc) is 3.33. The SMILES string of the molecule is Cc1ccc(NCC(=O)N/N=C\c2ccc(Sc3n[nH]c(-c4ccc(Cl)cc4Cl)n3)c([N+](=O)[O-])c2)cc1C. The molecule has 0 spiro atoms. The van der Waals surface area contributed by atoms with Gasteiger partial charge in [-0.3, -0.25) is 20.0 Å². The summed E-state index contributed by atoms with van der Waals surface area (Å²) < 4.78 is 0. The first-order chi connectivity index (χ1) is 18.2. The number of carbonyl (C=O) groups excluding carboxylic acids is 1. The van der Waals surface area contributed by atoms with Crippen LogP contribution in [0.3, 0.4) is 0 Å². The number of aromatic amines is 1. The second-order valence-electron chi connectivity index (χ2n) is 8.12. The van der Waals surface area contributed by atoms with Gasteiger partial charge in [-0.25, -0.2) is 10.4 Å². The number of nitrogens with one attached hydrogen (secondary N) is 3. The fourth-order valence-corrected chi connectivity index (χ4v) is 4.59. The summed E-state index contributed by atoms with van der Waals surface area (Å²) >= 11 is 13.2. The molecule has 0 radical (unpaired) electrons. The van der Waals surface area contributed by atoms with Gasteiger partial charge in [-0.05, 0) is 73.1 Å². The van der Waals surface area contributed by atoms with E-state index in [1.807, 2.05) is 32.0 Å². The zero-order chi connectivity index (χ0) is 27.2. The Hall–Kier alpha value is -3.93. The molecule has 0 aliphatic heterocycles. The van der Waals surface area contributed by atoms with E-state index in [-0.39, 0.29) is 23.3 Å². The number of rotatable bonds is 9. The molecule has 1 aromatic heterocycles. The van der Waals surface area contributed by atoms with E-state index in [2.05, 4.69) is 31.0 Å². The number of hydrogen-bond donors (Lipinski definition) is 3. The second kappa shape index (κ2) is 12.1. The molecule has 10 nitrogen and oxygen atoms in total. The molecule has 13 heteroatoms. The molecule has 0 bridgehead atoms. The van der Waals surface area contributed by atoms with Gasteiger partial charge in [0, 0.05) is 27.9 Å². The third-order valence-corrected chi connectivity index (χ3v) is 6.87. The molecule has 0 aliphatic carbocycles. The van der Waals surface area contributed by atoms with Crippen LogP contribution in [0.1, 0.15) is 16.7 Å². The van der Waals surface area contributed by atoms with E-state index in [1.54, 1.807) is 30.3 Å². The van der Waals surface area contributed by atoms with Gasteiger partial charge >= 0.3 is 0 Å². The first kappa shape index (κ1) is 27.1. The summed E-state index contributed by atoms with van der Waals surface area (Å²) in [6.45, 7) is 4.03. The molecule has 4 aromatic rings. The van der Waals surface area contributed by atoms with Crippen LogP contribution in [0, 0.1) is 24.0 Å². The molecule has 194 valence electrons. The highest BCUT2D eigenvalue weighted by atomic mass is 35.5. The smallest absolute Gasteiger partial charge is 0.283 e. The number of carbonyl (C=O) groups is 1. The van der Waals surface area contributed by atoms with Crippen molar-refractivity contribution in [2.45, 2.75) is 23.9 Å². The van der Waals surface area contributed by atoms with Crippen molar-refractivity contribution >= 4 is 58.5 Å². The van der Waals surface area contributed by atoms with Crippen LogP contribution in [0.15, 0.2) is 69.8 Å². The van der Waals surface area contributed by atoms with Crippen molar-refractivity contribution in [2.24, 2.45) is 5.10 Å². The summed E-state index contributed by atoms with van der Waals surface area (Å²) in [5.74, 6) is 0.0469. The third kappa shape index (κ3) is 6.88. The number of aryl methyl sites for hydroxylation is 2. The Morgan fingerprint density at radius 2 is 1.95 bits per heavy atom. The fraction of sp³-hybridized carbons (Fsp3) is 0.120. The minimum atomic E-state index is -0.505. The van der Waals surface area contributed by atoms with Gasteiger partial charge in [0.1, 0.15) is 0 Å². The molecular formula is C25H21Cl2N7O3S. The van der Waals surface area contributed by atoms with E-state index in [9.17, 15) is 14.9 Å². The monoisotopic (exact) mass is 569 g/mol. The summed E-state index contributed by atoms with van der Waals surface area (Å²) in [4.78, 5) is 28.0. The van der Waals surface area contributed by atoms with Gasteiger partial charge in [-0.1, -0.05) is 35.3 Å². The maximum Gasteiger partial charge on any atom is 0.283 e. The Labute approximate surface area is 232 Å². The number of benzene rings is 3. The number of nitrogens with zero attached hydrogens (tertiary/aromatic N) is 4. The van der Waals surface area contributed by atoms with Crippen LogP contribution < -0.4 is 10.7 Å². The molecule has 0 saturated heterocycles. The van der Waals surface area contributed by atoms with Crippen LogP contribution in [0.5, 0.6) is 0 Å². The Morgan fingerprint density at radius 1 is 1.13 bits per heavy atom. The van der Waals surface area contributed by atoms with Gasteiger partial charge in [0.25, 0.3) is 11.6 Å². The molecule has 3 aromatic carbocycles. The van der Waals surface area contributed by atoms with Crippen molar-refractivity contribution in [3.63, 3.8) is 0 Å². The van der Waals surface area contributed by atoms with E-state index >= 15 is 0 Å². The van der Waals surface area contributed by atoms with E-state index in [0.29, 0.717) is 31.9 Å². The molecule has 4 rings (SSSR count). The highest BCUT2D eigenvalue weighted by molar-refractivity contribution is 7.99.